The van der Waals surface area contributed by atoms with E-state index in [-0.39, 0.29) is 5.57 Å². The predicted octanol–water partition coefficient (Wildman–Crippen LogP) is 6.15. The second-order valence-electron chi connectivity index (χ2n) is 7.25. The van der Waals surface area contributed by atoms with Crippen LogP contribution in [0.25, 0.3) is 17.2 Å². The molecule has 0 saturated heterocycles. The topological polar surface area (TPSA) is 67.8 Å². The molecule has 162 valence electrons. The Kier molecular flexibility index (Phi) is 7.02. The van der Waals surface area contributed by atoms with E-state index >= 15 is 0 Å². The van der Waals surface area contributed by atoms with E-state index < -0.39 is 5.97 Å². The van der Waals surface area contributed by atoms with Crippen molar-refractivity contribution >= 4 is 29.1 Å². The quantitative estimate of drug-likeness (QED) is 0.414. The van der Waals surface area contributed by atoms with Crippen molar-refractivity contribution < 1.29 is 19.4 Å². The molecular formula is C25H27NO4S. The number of aliphatic carboxylic acids is 1. The monoisotopic (exact) mass is 437 g/mol. The number of ether oxygens (including phenoxy) is 2. The second-order valence-corrected chi connectivity index (χ2v) is 8.28. The lowest BCUT2D eigenvalue weighted by atomic mass is 9.91. The van der Waals surface area contributed by atoms with Crippen LogP contribution in [0.15, 0.2) is 47.4 Å². The summed E-state index contributed by atoms with van der Waals surface area (Å²) in [5.41, 5.74) is 5.66. The van der Waals surface area contributed by atoms with E-state index in [0.29, 0.717) is 11.5 Å². The molecule has 6 heteroatoms. The molecule has 2 aromatic carbocycles. The van der Waals surface area contributed by atoms with Gasteiger partial charge in [0.15, 0.2) is 0 Å². The molecule has 0 fully saturated rings. The van der Waals surface area contributed by atoms with E-state index in [1.165, 1.54) is 4.88 Å². The number of carboxylic acids is 1. The molecule has 3 aromatic rings. The van der Waals surface area contributed by atoms with E-state index in [0.717, 1.165) is 40.0 Å². The van der Waals surface area contributed by atoms with Crippen LogP contribution in [0.1, 0.15) is 28.5 Å². The lowest BCUT2D eigenvalue weighted by Gasteiger charge is -2.21. The van der Waals surface area contributed by atoms with Crippen LogP contribution >= 0.6 is 11.3 Å². The van der Waals surface area contributed by atoms with Crippen molar-refractivity contribution in [2.75, 3.05) is 19.5 Å². The minimum atomic E-state index is -0.965. The zero-order valence-electron chi connectivity index (χ0n) is 18.4. The van der Waals surface area contributed by atoms with Crippen LogP contribution in [0.3, 0.4) is 0 Å². The van der Waals surface area contributed by atoms with Gasteiger partial charge in [-0.15, -0.1) is 11.3 Å². The zero-order chi connectivity index (χ0) is 22.5. The Morgan fingerprint density at radius 3 is 2.29 bits per heavy atom. The summed E-state index contributed by atoms with van der Waals surface area (Å²) >= 11 is 1.73. The first-order valence-corrected chi connectivity index (χ1v) is 10.8. The highest BCUT2D eigenvalue weighted by Gasteiger charge is 2.22. The first-order valence-electron chi connectivity index (χ1n) is 9.90. The molecule has 0 spiro atoms. The molecule has 0 aliphatic rings. The summed E-state index contributed by atoms with van der Waals surface area (Å²) in [6.07, 6.45) is 1.63. The number of carboxylic acid groups (broad SMARTS) is 1. The Hall–Kier alpha value is -3.25. The van der Waals surface area contributed by atoms with Crippen molar-refractivity contribution in [3.63, 3.8) is 0 Å². The largest absolute Gasteiger partial charge is 0.496 e. The van der Waals surface area contributed by atoms with Crippen LogP contribution in [0.2, 0.25) is 0 Å². The fraction of sp³-hybridized carbons (Fsp3) is 0.240. The molecule has 5 nitrogen and oxygen atoms in total. The van der Waals surface area contributed by atoms with E-state index in [1.54, 1.807) is 38.6 Å². The van der Waals surface area contributed by atoms with Crippen molar-refractivity contribution in [1.82, 2.24) is 0 Å². The Labute approximate surface area is 187 Å². The van der Waals surface area contributed by atoms with Crippen molar-refractivity contribution in [3.05, 3.63) is 68.9 Å². The van der Waals surface area contributed by atoms with Gasteiger partial charge in [-0.25, -0.2) is 4.79 Å². The van der Waals surface area contributed by atoms with Crippen LogP contribution in [0.5, 0.6) is 11.5 Å². The summed E-state index contributed by atoms with van der Waals surface area (Å²) < 4.78 is 11.5. The molecule has 0 saturated carbocycles. The maximum atomic E-state index is 11.4. The Balaban J connectivity index is 2.03. The van der Waals surface area contributed by atoms with Crippen molar-refractivity contribution in [1.29, 1.82) is 0 Å². The number of methoxy groups -OCH3 is 2. The minimum Gasteiger partial charge on any atom is -0.496 e. The molecule has 0 aliphatic carbocycles. The van der Waals surface area contributed by atoms with Crippen molar-refractivity contribution in [3.8, 4) is 22.6 Å². The molecule has 0 unspecified atom stereocenters. The zero-order valence-corrected chi connectivity index (χ0v) is 19.2. The molecule has 0 aliphatic heterocycles. The minimum absolute atomic E-state index is 0.233. The number of thiophene rings is 1. The van der Waals surface area contributed by atoms with Crippen LogP contribution < -0.4 is 14.8 Å². The Bertz CT molecular complexity index is 1100. The van der Waals surface area contributed by atoms with E-state index in [4.69, 9.17) is 9.47 Å². The Morgan fingerprint density at radius 1 is 1.06 bits per heavy atom. The average molecular weight is 438 g/mol. The summed E-state index contributed by atoms with van der Waals surface area (Å²) in [4.78, 5) is 12.6. The van der Waals surface area contributed by atoms with E-state index in [1.807, 2.05) is 32.0 Å². The van der Waals surface area contributed by atoms with Gasteiger partial charge >= 0.3 is 5.97 Å². The van der Waals surface area contributed by atoms with E-state index in [2.05, 4.69) is 28.9 Å². The van der Waals surface area contributed by atoms with Gasteiger partial charge in [-0.3, -0.25) is 0 Å². The third-order valence-electron chi connectivity index (χ3n) is 5.26. The molecule has 31 heavy (non-hydrogen) atoms. The number of nitrogens with one attached hydrogen (secondary N) is 1. The smallest absolute Gasteiger partial charge is 0.331 e. The van der Waals surface area contributed by atoms with Gasteiger partial charge < -0.3 is 19.9 Å². The van der Waals surface area contributed by atoms with Crippen LogP contribution in [0, 0.1) is 13.8 Å². The number of hydrogen-bond acceptors (Lipinski definition) is 5. The van der Waals surface area contributed by atoms with Gasteiger partial charge in [0.05, 0.1) is 14.2 Å². The highest BCUT2D eigenvalue weighted by atomic mass is 32.1. The lowest BCUT2D eigenvalue weighted by Crippen LogP contribution is -2.03. The maximum absolute atomic E-state index is 11.4. The van der Waals surface area contributed by atoms with Crippen molar-refractivity contribution in [2.45, 2.75) is 27.3 Å². The summed E-state index contributed by atoms with van der Waals surface area (Å²) in [5, 5.41) is 14.8. The summed E-state index contributed by atoms with van der Waals surface area (Å²) in [7, 11) is 3.23. The molecule has 2 N–H and O–H groups in total. The van der Waals surface area contributed by atoms with Crippen LogP contribution in [0.4, 0.5) is 5.69 Å². The highest BCUT2D eigenvalue weighted by Crippen LogP contribution is 2.44. The Morgan fingerprint density at radius 2 is 1.74 bits per heavy atom. The van der Waals surface area contributed by atoms with Gasteiger partial charge in [-0.2, -0.15) is 0 Å². The van der Waals surface area contributed by atoms with Gasteiger partial charge in [0.2, 0.25) is 0 Å². The first-order chi connectivity index (χ1) is 14.9. The second kappa shape index (κ2) is 9.71. The SMILES string of the molecule is COc1c(C)c(-c2ccc(NCc3cccs3)cc2)c(OC)c(C)c1/C=C(\C)C(=O)O. The van der Waals surface area contributed by atoms with Crippen LogP contribution in [-0.4, -0.2) is 25.3 Å². The predicted molar refractivity (Wildman–Crippen MR) is 127 cm³/mol. The number of hydrogen-bond donors (Lipinski definition) is 2. The fourth-order valence-electron chi connectivity index (χ4n) is 3.64. The number of anilines is 1. The molecule has 1 heterocycles. The molecule has 0 atom stereocenters. The molecule has 0 radical (unpaired) electrons. The number of rotatable bonds is 8. The maximum Gasteiger partial charge on any atom is 0.331 e. The third kappa shape index (κ3) is 4.75. The fourth-order valence-corrected chi connectivity index (χ4v) is 4.29. The van der Waals surface area contributed by atoms with Gasteiger partial charge in [-0.05, 0) is 56.0 Å². The summed E-state index contributed by atoms with van der Waals surface area (Å²) in [6.45, 7) is 6.24. The highest BCUT2D eigenvalue weighted by molar-refractivity contribution is 7.09. The number of benzene rings is 2. The van der Waals surface area contributed by atoms with Crippen molar-refractivity contribution in [2.24, 2.45) is 0 Å². The molecule has 3 rings (SSSR count). The molecule has 0 bridgehead atoms. The lowest BCUT2D eigenvalue weighted by molar-refractivity contribution is -0.132. The first kappa shape index (κ1) is 22.4. The molecular weight excluding hydrogens is 410 g/mol. The number of carbonyl (C=O) groups is 1. The standard InChI is InChI=1S/C25H27NO4S/c1-15(25(27)28)13-21-16(2)24(30-5)22(17(3)23(21)29-4)18-8-10-19(11-9-18)26-14-20-7-6-12-31-20/h6-13,26H,14H2,1-5H3,(H,27,28)/b15-13+. The summed E-state index contributed by atoms with van der Waals surface area (Å²) in [5.74, 6) is 0.392. The molecule has 1 aromatic heterocycles. The van der Waals surface area contributed by atoms with Crippen LogP contribution in [-0.2, 0) is 11.3 Å². The van der Waals surface area contributed by atoms with Gasteiger partial charge in [0, 0.05) is 44.9 Å². The molecule has 0 amide bonds. The third-order valence-corrected chi connectivity index (χ3v) is 6.14. The average Bonchev–Trinajstić information content (AvgIpc) is 3.28. The summed E-state index contributed by atoms with van der Waals surface area (Å²) in [6, 6.07) is 12.4. The normalized spacial score (nSPS) is 11.3. The van der Waals surface area contributed by atoms with Gasteiger partial charge in [0.25, 0.3) is 0 Å². The van der Waals surface area contributed by atoms with Gasteiger partial charge in [0.1, 0.15) is 11.5 Å². The van der Waals surface area contributed by atoms with E-state index in [9.17, 15) is 9.90 Å². The van der Waals surface area contributed by atoms with Gasteiger partial charge in [-0.1, -0.05) is 18.2 Å².